The Morgan fingerprint density at radius 1 is 1.28 bits per heavy atom. The van der Waals surface area contributed by atoms with E-state index in [-0.39, 0.29) is 0 Å². The van der Waals surface area contributed by atoms with Crippen molar-refractivity contribution in [2.75, 3.05) is 0 Å². The normalized spacial score (nSPS) is 17.5. The van der Waals surface area contributed by atoms with Crippen LogP contribution in [0.2, 0.25) is 0 Å². The lowest BCUT2D eigenvalue weighted by Gasteiger charge is -2.28. The van der Waals surface area contributed by atoms with Crippen LogP contribution in [0, 0.1) is 6.92 Å². The molecule has 1 N–H and O–H groups in total. The van der Waals surface area contributed by atoms with E-state index in [0.29, 0.717) is 5.92 Å². The van der Waals surface area contributed by atoms with Gasteiger partial charge in [0, 0.05) is 12.1 Å². The van der Waals surface area contributed by atoms with E-state index in [2.05, 4.69) is 45.3 Å². The third-order valence-electron chi connectivity index (χ3n) is 3.68. The lowest BCUT2D eigenvalue weighted by Crippen LogP contribution is -2.19. The van der Waals surface area contributed by atoms with E-state index < -0.39 is 0 Å². The number of nitrogens with one attached hydrogen (secondary N) is 1. The summed E-state index contributed by atoms with van der Waals surface area (Å²) < 4.78 is 0. The maximum Gasteiger partial charge on any atom is 0.177 e. The number of nitrogens with zero attached hydrogens (tertiary/aromatic N) is 2. The highest BCUT2D eigenvalue weighted by atomic mass is 15.0. The van der Waals surface area contributed by atoms with Crippen molar-refractivity contribution in [2.45, 2.75) is 19.3 Å². The molecule has 1 aliphatic carbocycles. The molecule has 3 nitrogen and oxygen atoms in total. The molecule has 1 aliphatic rings. The van der Waals surface area contributed by atoms with Crippen LogP contribution in [0.3, 0.4) is 0 Å². The largest absolute Gasteiger partial charge is 0.340 e. The first kappa shape index (κ1) is 9.83. The summed E-state index contributed by atoms with van der Waals surface area (Å²) in [5.41, 5.74) is 5.85. The Bertz CT molecular complexity index is 742. The van der Waals surface area contributed by atoms with Gasteiger partial charge in [-0.2, -0.15) is 0 Å². The Labute approximate surface area is 105 Å². The molecule has 0 amide bonds. The van der Waals surface area contributed by atoms with Crippen molar-refractivity contribution in [3.63, 3.8) is 0 Å². The number of fused-ring (bicyclic) bond motifs is 2. The first-order chi connectivity index (χ1) is 8.81. The number of imidazole rings is 1. The number of pyridine rings is 1. The van der Waals surface area contributed by atoms with E-state index in [4.69, 9.17) is 0 Å². The number of aromatic amines is 1. The van der Waals surface area contributed by atoms with Gasteiger partial charge < -0.3 is 4.98 Å². The minimum Gasteiger partial charge on any atom is -0.340 e. The summed E-state index contributed by atoms with van der Waals surface area (Å²) in [6.45, 7) is 2.05. The zero-order valence-electron chi connectivity index (χ0n) is 10.1. The van der Waals surface area contributed by atoms with E-state index in [1.165, 1.54) is 11.1 Å². The predicted molar refractivity (Wildman–Crippen MR) is 70.6 cm³/mol. The van der Waals surface area contributed by atoms with Gasteiger partial charge in [0.2, 0.25) is 0 Å². The zero-order valence-corrected chi connectivity index (χ0v) is 10.1. The molecule has 1 unspecified atom stereocenters. The SMILES string of the molecule is Cc1cnc2nc(C3Cc4ccccc43)[nH]c2c1. The molecule has 3 aromatic rings. The summed E-state index contributed by atoms with van der Waals surface area (Å²) in [6, 6.07) is 10.7. The molecule has 88 valence electrons. The quantitative estimate of drug-likeness (QED) is 0.704. The molecule has 0 aliphatic heterocycles. The Morgan fingerprint density at radius 3 is 3.06 bits per heavy atom. The van der Waals surface area contributed by atoms with E-state index in [1.54, 1.807) is 0 Å². The summed E-state index contributed by atoms with van der Waals surface area (Å²) in [6.07, 6.45) is 2.94. The van der Waals surface area contributed by atoms with Crippen molar-refractivity contribution in [3.05, 3.63) is 59.0 Å². The minimum absolute atomic E-state index is 0.413. The highest BCUT2D eigenvalue weighted by molar-refractivity contribution is 5.71. The summed E-state index contributed by atoms with van der Waals surface area (Å²) >= 11 is 0. The Balaban J connectivity index is 1.81. The van der Waals surface area contributed by atoms with Crippen LogP contribution < -0.4 is 0 Å². The highest BCUT2D eigenvalue weighted by Gasteiger charge is 2.29. The van der Waals surface area contributed by atoms with Crippen LogP contribution in [0.1, 0.15) is 28.4 Å². The number of hydrogen-bond acceptors (Lipinski definition) is 2. The van der Waals surface area contributed by atoms with Gasteiger partial charge in [0.1, 0.15) is 5.82 Å². The van der Waals surface area contributed by atoms with Crippen molar-refractivity contribution in [1.29, 1.82) is 0 Å². The van der Waals surface area contributed by atoms with Crippen molar-refractivity contribution in [3.8, 4) is 0 Å². The molecule has 2 aromatic heterocycles. The molecule has 0 radical (unpaired) electrons. The fourth-order valence-corrected chi connectivity index (χ4v) is 2.69. The van der Waals surface area contributed by atoms with Gasteiger partial charge >= 0.3 is 0 Å². The highest BCUT2D eigenvalue weighted by Crippen LogP contribution is 2.38. The van der Waals surface area contributed by atoms with Crippen LogP contribution in [-0.2, 0) is 6.42 Å². The van der Waals surface area contributed by atoms with Gasteiger partial charge in [-0.1, -0.05) is 24.3 Å². The van der Waals surface area contributed by atoms with Gasteiger partial charge in [-0.15, -0.1) is 0 Å². The van der Waals surface area contributed by atoms with Crippen LogP contribution in [0.5, 0.6) is 0 Å². The fraction of sp³-hybridized carbons (Fsp3) is 0.200. The molecular weight excluding hydrogens is 222 g/mol. The molecule has 1 aromatic carbocycles. The lowest BCUT2D eigenvalue weighted by atomic mass is 9.77. The van der Waals surface area contributed by atoms with E-state index >= 15 is 0 Å². The predicted octanol–water partition coefficient (Wildman–Crippen LogP) is 2.95. The molecular formula is C15H13N3. The number of benzene rings is 1. The van der Waals surface area contributed by atoms with Gasteiger partial charge in [-0.25, -0.2) is 9.97 Å². The zero-order chi connectivity index (χ0) is 12.1. The Hall–Kier alpha value is -2.16. The molecule has 0 saturated heterocycles. The molecule has 0 spiro atoms. The third kappa shape index (κ3) is 1.30. The van der Waals surface area contributed by atoms with Crippen molar-refractivity contribution < 1.29 is 0 Å². The summed E-state index contributed by atoms with van der Waals surface area (Å²) in [4.78, 5) is 12.4. The third-order valence-corrected chi connectivity index (χ3v) is 3.68. The first-order valence-corrected chi connectivity index (χ1v) is 6.21. The molecule has 4 rings (SSSR count). The summed E-state index contributed by atoms with van der Waals surface area (Å²) in [5, 5.41) is 0. The molecule has 0 fully saturated rings. The van der Waals surface area contributed by atoms with Crippen LogP contribution in [-0.4, -0.2) is 15.0 Å². The van der Waals surface area contributed by atoms with E-state index in [1.807, 2.05) is 13.1 Å². The van der Waals surface area contributed by atoms with Crippen LogP contribution in [0.25, 0.3) is 11.2 Å². The second kappa shape index (κ2) is 3.42. The van der Waals surface area contributed by atoms with Gasteiger partial charge in [-0.05, 0) is 36.1 Å². The Morgan fingerprint density at radius 2 is 2.17 bits per heavy atom. The van der Waals surface area contributed by atoms with Crippen LogP contribution in [0.4, 0.5) is 0 Å². The standard InChI is InChI=1S/C15H13N3/c1-9-6-13-15(16-8-9)18-14(17-13)12-7-10-4-2-3-5-11(10)12/h2-6,8,12H,7H2,1H3,(H,16,17,18). The number of aromatic nitrogens is 3. The summed E-state index contributed by atoms with van der Waals surface area (Å²) in [7, 11) is 0. The van der Waals surface area contributed by atoms with E-state index in [9.17, 15) is 0 Å². The van der Waals surface area contributed by atoms with Crippen molar-refractivity contribution in [2.24, 2.45) is 0 Å². The number of hydrogen-bond donors (Lipinski definition) is 1. The number of rotatable bonds is 1. The smallest absolute Gasteiger partial charge is 0.177 e. The second-order valence-electron chi connectivity index (χ2n) is 4.96. The lowest BCUT2D eigenvalue weighted by molar-refractivity contribution is 0.671. The molecule has 2 heterocycles. The molecule has 0 saturated carbocycles. The second-order valence-corrected chi connectivity index (χ2v) is 4.96. The topological polar surface area (TPSA) is 41.6 Å². The van der Waals surface area contributed by atoms with Gasteiger partial charge in [0.15, 0.2) is 5.65 Å². The molecule has 0 bridgehead atoms. The molecule has 18 heavy (non-hydrogen) atoms. The first-order valence-electron chi connectivity index (χ1n) is 6.21. The summed E-state index contributed by atoms with van der Waals surface area (Å²) in [5.74, 6) is 1.46. The fourth-order valence-electron chi connectivity index (χ4n) is 2.69. The molecule has 1 atom stereocenters. The average molecular weight is 235 g/mol. The van der Waals surface area contributed by atoms with Crippen LogP contribution >= 0.6 is 0 Å². The maximum absolute atomic E-state index is 4.61. The number of H-pyrrole nitrogens is 1. The van der Waals surface area contributed by atoms with Crippen molar-refractivity contribution in [1.82, 2.24) is 15.0 Å². The van der Waals surface area contributed by atoms with E-state index in [0.717, 1.165) is 29.0 Å². The Kier molecular flexibility index (Phi) is 1.87. The van der Waals surface area contributed by atoms with Crippen LogP contribution in [0.15, 0.2) is 36.5 Å². The van der Waals surface area contributed by atoms with Gasteiger partial charge in [0.05, 0.1) is 5.52 Å². The maximum atomic E-state index is 4.61. The van der Waals surface area contributed by atoms with Gasteiger partial charge in [0.25, 0.3) is 0 Å². The molecule has 3 heteroatoms. The van der Waals surface area contributed by atoms with Gasteiger partial charge in [-0.3, -0.25) is 0 Å². The minimum atomic E-state index is 0.413. The monoisotopic (exact) mass is 235 g/mol. The average Bonchev–Trinajstić information content (AvgIpc) is 2.73. The number of aryl methyl sites for hydroxylation is 1. The van der Waals surface area contributed by atoms with Crippen molar-refractivity contribution >= 4 is 11.2 Å².